The molecule has 68 heavy (non-hydrogen) atoms. The minimum absolute atomic E-state index is 0.0541. The molecule has 6 rings (SSSR count). The molecule has 6 aliphatic heterocycles. The summed E-state index contributed by atoms with van der Waals surface area (Å²) in [6, 6.07) is 0.746. The lowest BCUT2D eigenvalue weighted by Crippen LogP contribution is -2.48. The number of hydrogen-bond donors (Lipinski definition) is 4. The van der Waals surface area contributed by atoms with Crippen LogP contribution in [0.15, 0.2) is 0 Å². The Kier molecular flexibility index (Phi) is 20.7. The van der Waals surface area contributed by atoms with Crippen molar-refractivity contribution in [2.24, 2.45) is 0 Å². The molecule has 6 heterocycles. The second-order valence-electron chi connectivity index (χ2n) is 22.1. The van der Waals surface area contributed by atoms with E-state index in [1.807, 2.05) is 13.8 Å². The standard InChI is InChI=1S/C17H33N3O4Si.C11H19N3O3.C11H22N2O3Si.C5H8N2O2/c1-17(2)15(21)19(14-24-12-13-25(3,4)5)16(22)20(17)7-6-18-8-10-23-11-9-18;1-11(2)9(15)12-10(16)14(11)4-3-13-5-7-17-8-6-13;1-11(2)9(14)13(10(15)12-11)8-16-6-7-17(3,4)5;1-5(2)3(8)6-4(9)7-5/h6-14H2,1-5H3;3-8H2,1-2H3,(H,12,15,16);6-8H2,1-5H3,(H,12,15);1-2H3,(H2,6,7,8,9). The predicted molar refractivity (Wildman–Crippen MR) is 260 cm³/mol. The highest BCUT2D eigenvalue weighted by molar-refractivity contribution is 6.76. The molecule has 12 amide bonds. The second kappa shape index (κ2) is 24.2. The van der Waals surface area contributed by atoms with Crippen LogP contribution in [0.5, 0.6) is 0 Å². The van der Waals surface area contributed by atoms with Crippen molar-refractivity contribution in [3.05, 3.63) is 0 Å². The Morgan fingerprint density at radius 1 is 0.515 bits per heavy atom. The molecule has 22 nitrogen and oxygen atoms in total. The Bertz CT molecular complexity index is 1810. The Morgan fingerprint density at radius 3 is 1.32 bits per heavy atom. The summed E-state index contributed by atoms with van der Waals surface area (Å²) in [7, 11) is -2.31. The summed E-state index contributed by atoms with van der Waals surface area (Å²) in [6.07, 6.45) is 0. The highest BCUT2D eigenvalue weighted by atomic mass is 28.3. The Hall–Kier alpha value is -4.05. The topological polar surface area (TPSA) is 241 Å². The molecule has 388 valence electrons. The van der Waals surface area contributed by atoms with Crippen LogP contribution in [0.1, 0.15) is 55.4 Å². The number of urea groups is 4. The molecule has 0 saturated carbocycles. The van der Waals surface area contributed by atoms with E-state index in [2.05, 4.69) is 70.3 Å². The summed E-state index contributed by atoms with van der Waals surface area (Å²) in [5.74, 6) is -0.889. The van der Waals surface area contributed by atoms with Crippen LogP contribution in [0, 0.1) is 0 Å². The van der Waals surface area contributed by atoms with Crippen molar-refractivity contribution >= 4 is 63.9 Å². The van der Waals surface area contributed by atoms with Gasteiger partial charge in [0.15, 0.2) is 0 Å². The zero-order valence-electron chi connectivity index (χ0n) is 43.3. The molecular weight excluding hydrogens is 917 g/mol. The molecule has 0 aromatic heterocycles. The van der Waals surface area contributed by atoms with Crippen molar-refractivity contribution in [3.8, 4) is 0 Å². The van der Waals surface area contributed by atoms with Gasteiger partial charge in [0.1, 0.15) is 35.6 Å². The molecule has 6 fully saturated rings. The van der Waals surface area contributed by atoms with E-state index < -0.39 is 44.3 Å². The quantitative estimate of drug-likeness (QED) is 0.0988. The highest BCUT2D eigenvalue weighted by Crippen LogP contribution is 2.28. The van der Waals surface area contributed by atoms with Gasteiger partial charge in [0.25, 0.3) is 23.6 Å². The van der Waals surface area contributed by atoms with E-state index in [4.69, 9.17) is 18.9 Å². The molecule has 4 N–H and O–H groups in total. The van der Waals surface area contributed by atoms with Gasteiger partial charge >= 0.3 is 24.1 Å². The van der Waals surface area contributed by atoms with Crippen LogP contribution in [-0.4, -0.2) is 221 Å². The second-order valence-corrected chi connectivity index (χ2v) is 33.4. The molecule has 0 aromatic carbocycles. The Morgan fingerprint density at radius 2 is 0.971 bits per heavy atom. The highest BCUT2D eigenvalue weighted by Gasteiger charge is 2.51. The monoisotopic (exact) mass is 999 g/mol. The molecule has 0 spiro atoms. The van der Waals surface area contributed by atoms with Gasteiger partial charge in [-0.25, -0.2) is 29.0 Å². The number of carbonyl (C=O) groups is 8. The van der Waals surface area contributed by atoms with Crippen molar-refractivity contribution in [1.29, 1.82) is 0 Å². The van der Waals surface area contributed by atoms with Crippen LogP contribution in [0.3, 0.4) is 0 Å². The third kappa shape index (κ3) is 17.1. The predicted octanol–water partition coefficient (Wildman–Crippen LogP) is 2.56. The van der Waals surface area contributed by atoms with Gasteiger partial charge in [0.2, 0.25) is 0 Å². The van der Waals surface area contributed by atoms with Crippen LogP contribution >= 0.6 is 0 Å². The molecular formula is C44H82N10O12Si2. The van der Waals surface area contributed by atoms with Crippen LogP contribution in [0.4, 0.5) is 19.2 Å². The lowest BCUT2D eigenvalue weighted by Gasteiger charge is -2.32. The van der Waals surface area contributed by atoms with Gasteiger partial charge < -0.3 is 39.4 Å². The normalized spacial score (nSPS) is 22.4. The third-order valence-corrected chi connectivity index (χ3v) is 15.6. The zero-order chi connectivity index (χ0) is 51.5. The summed E-state index contributed by atoms with van der Waals surface area (Å²) in [6.45, 7) is 37.9. The minimum Gasteiger partial charge on any atom is -0.379 e. The van der Waals surface area contributed by atoms with Gasteiger partial charge in [0, 0.05) is 81.7 Å². The molecule has 6 saturated heterocycles. The van der Waals surface area contributed by atoms with Crippen molar-refractivity contribution in [1.82, 2.24) is 50.7 Å². The summed E-state index contributed by atoms with van der Waals surface area (Å²) in [5.41, 5.74) is -3.08. The fourth-order valence-electron chi connectivity index (χ4n) is 7.25. The number of rotatable bonds is 16. The van der Waals surface area contributed by atoms with Crippen molar-refractivity contribution in [3.63, 3.8) is 0 Å². The maximum atomic E-state index is 12.7. The summed E-state index contributed by atoms with van der Waals surface area (Å²) in [5, 5.41) is 9.53. The molecule has 24 heteroatoms. The number of nitrogens with one attached hydrogen (secondary N) is 4. The first-order valence-corrected chi connectivity index (χ1v) is 31.0. The Balaban J connectivity index is 0.000000253. The SMILES string of the molecule is CC1(C)C(=O)N(COCC[Si](C)(C)C)C(=O)N1CCN1CCOCC1.CC1(C)C(=O)NC(=O)N1CCN1CCOCC1.CC1(C)NC(=O)N(COCC[Si](C)(C)C)C1=O.CC1(C)NC(=O)NC1=O. The maximum absolute atomic E-state index is 12.7. The van der Waals surface area contributed by atoms with E-state index in [1.165, 1.54) is 4.90 Å². The lowest BCUT2D eigenvalue weighted by molar-refractivity contribution is -0.135. The summed E-state index contributed by atoms with van der Waals surface area (Å²) >= 11 is 0. The first kappa shape index (κ1) is 58.3. The van der Waals surface area contributed by atoms with E-state index in [0.717, 1.165) is 82.7 Å². The third-order valence-electron chi connectivity index (χ3n) is 12.2. The maximum Gasteiger partial charge on any atom is 0.329 e. The van der Waals surface area contributed by atoms with E-state index in [-0.39, 0.29) is 55.2 Å². The van der Waals surface area contributed by atoms with Gasteiger partial charge in [-0.05, 0) is 67.5 Å². The molecule has 0 atom stereocenters. The van der Waals surface area contributed by atoms with E-state index in [0.29, 0.717) is 26.3 Å². The first-order valence-electron chi connectivity index (χ1n) is 23.6. The molecule has 0 aliphatic carbocycles. The Labute approximate surface area is 405 Å². The van der Waals surface area contributed by atoms with Crippen LogP contribution < -0.4 is 21.3 Å². The lowest BCUT2D eigenvalue weighted by atomic mass is 10.0. The van der Waals surface area contributed by atoms with Crippen LogP contribution in [0.2, 0.25) is 51.4 Å². The van der Waals surface area contributed by atoms with Gasteiger partial charge in [0.05, 0.1) is 26.4 Å². The molecule has 6 aliphatic rings. The average molecular weight is 999 g/mol. The summed E-state index contributed by atoms with van der Waals surface area (Å²) in [4.78, 5) is 103. The zero-order valence-corrected chi connectivity index (χ0v) is 45.3. The van der Waals surface area contributed by atoms with Crippen molar-refractivity contribution in [2.75, 3.05) is 105 Å². The number of carbonyl (C=O) groups excluding carboxylic acids is 8. The largest absolute Gasteiger partial charge is 0.379 e. The van der Waals surface area contributed by atoms with E-state index in [1.54, 1.807) is 51.3 Å². The first-order chi connectivity index (χ1) is 31.3. The summed E-state index contributed by atoms with van der Waals surface area (Å²) < 4.78 is 21.7. The van der Waals surface area contributed by atoms with Crippen molar-refractivity contribution in [2.45, 2.75) is 129 Å². The minimum atomic E-state index is -1.18. The molecule has 0 unspecified atom stereocenters. The number of imide groups is 4. The van der Waals surface area contributed by atoms with E-state index >= 15 is 0 Å². The van der Waals surface area contributed by atoms with Crippen molar-refractivity contribution < 1.29 is 57.3 Å². The average Bonchev–Trinajstić information content (AvgIpc) is 3.74. The fourth-order valence-corrected chi connectivity index (χ4v) is 8.76. The number of hydrogen-bond acceptors (Lipinski definition) is 14. The van der Waals surface area contributed by atoms with Crippen LogP contribution in [-0.2, 0) is 38.1 Å². The van der Waals surface area contributed by atoms with Gasteiger partial charge in [-0.1, -0.05) is 39.3 Å². The van der Waals surface area contributed by atoms with Crippen LogP contribution in [0.25, 0.3) is 0 Å². The van der Waals surface area contributed by atoms with Gasteiger partial charge in [-0.15, -0.1) is 0 Å². The van der Waals surface area contributed by atoms with Gasteiger partial charge in [-0.3, -0.25) is 39.6 Å². The fraction of sp³-hybridized carbons (Fsp3) is 0.818. The number of morpholine rings is 2. The number of ether oxygens (including phenoxy) is 4. The van der Waals surface area contributed by atoms with E-state index in [9.17, 15) is 38.4 Å². The number of nitrogens with zero attached hydrogens (tertiary/aromatic N) is 6. The number of amides is 12. The van der Waals surface area contributed by atoms with Gasteiger partial charge in [-0.2, -0.15) is 0 Å². The molecule has 0 aromatic rings. The smallest absolute Gasteiger partial charge is 0.329 e. The molecule has 0 radical (unpaired) electrons. The molecule has 0 bridgehead atoms.